The van der Waals surface area contributed by atoms with E-state index in [1.54, 1.807) is 0 Å². The third kappa shape index (κ3) is 4.58. The first kappa shape index (κ1) is 31.0. The molecule has 262 valence electrons. The molecule has 1 heterocycles. The largest absolute Gasteiger partial charge is 0.462 e. The highest BCUT2D eigenvalue weighted by Crippen LogP contribution is 2.65. The Hall–Kier alpha value is -1.80. The van der Waals surface area contributed by atoms with E-state index in [0.29, 0.717) is 54.0 Å². The van der Waals surface area contributed by atoms with Crippen molar-refractivity contribution < 1.29 is 38.1 Å². The molecule has 48 heavy (non-hydrogen) atoms. The fraction of sp³-hybridized carbons (Fsp3) is 0.900. The zero-order chi connectivity index (χ0) is 32.6. The highest BCUT2D eigenvalue weighted by Gasteiger charge is 2.65. The minimum absolute atomic E-state index is 0.00108. The van der Waals surface area contributed by atoms with Gasteiger partial charge in [0.2, 0.25) is 0 Å². The van der Waals surface area contributed by atoms with Crippen molar-refractivity contribution in [3.8, 4) is 0 Å². The van der Waals surface area contributed by atoms with Crippen molar-refractivity contribution in [3.63, 3.8) is 0 Å². The third-order valence-electron chi connectivity index (χ3n) is 16.3. The smallest absolute Gasteiger partial charge is 0.312 e. The average Bonchev–Trinajstić information content (AvgIpc) is 3.16. The molecule has 0 aromatic carbocycles. The zero-order valence-electron chi connectivity index (χ0n) is 28.8. The summed E-state index contributed by atoms with van der Waals surface area (Å²) in [6.07, 6.45) is 15.7. The molecule has 1 spiro atoms. The Labute approximate surface area is 284 Å². The second-order valence-electron chi connectivity index (χ2n) is 19.5. The number of rotatable bonds is 6. The van der Waals surface area contributed by atoms with Gasteiger partial charge in [-0.3, -0.25) is 19.2 Å². The predicted octanol–water partition coefficient (Wildman–Crippen LogP) is 6.36. The third-order valence-corrected chi connectivity index (χ3v) is 16.3. The van der Waals surface area contributed by atoms with Crippen molar-refractivity contribution in [1.29, 1.82) is 0 Å². The maximum atomic E-state index is 14.1. The number of hydrogen-bond acceptors (Lipinski definition) is 8. The van der Waals surface area contributed by atoms with E-state index < -0.39 is 28.8 Å². The van der Waals surface area contributed by atoms with Crippen LogP contribution >= 0.6 is 0 Å². The van der Waals surface area contributed by atoms with Crippen LogP contribution < -0.4 is 0 Å². The molecule has 0 N–H and O–H groups in total. The molecule has 13 aliphatic rings. The molecular weight excluding hydrogens is 608 g/mol. The number of Topliss-reactive ketones (excluding diaryl/α,β-unsaturated/α-hetero) is 2. The van der Waals surface area contributed by atoms with Crippen LogP contribution in [-0.2, 0) is 38.1 Å². The van der Waals surface area contributed by atoms with E-state index in [1.807, 2.05) is 0 Å². The Morgan fingerprint density at radius 1 is 0.604 bits per heavy atom. The van der Waals surface area contributed by atoms with E-state index in [-0.39, 0.29) is 60.7 Å². The van der Waals surface area contributed by atoms with Gasteiger partial charge in [0, 0.05) is 35.5 Å². The van der Waals surface area contributed by atoms with Crippen LogP contribution in [0.1, 0.15) is 122 Å². The molecule has 1 aliphatic heterocycles. The van der Waals surface area contributed by atoms with E-state index in [1.165, 1.54) is 12.8 Å². The molecule has 1 saturated heterocycles. The number of ketones is 2. The highest BCUT2D eigenvalue weighted by atomic mass is 16.8. The van der Waals surface area contributed by atoms with E-state index in [4.69, 9.17) is 18.9 Å². The van der Waals surface area contributed by atoms with Gasteiger partial charge in [-0.15, -0.1) is 0 Å². The van der Waals surface area contributed by atoms with Crippen LogP contribution in [-0.4, -0.2) is 54.7 Å². The summed E-state index contributed by atoms with van der Waals surface area (Å²) < 4.78 is 26.7. The fourth-order valence-corrected chi connectivity index (χ4v) is 14.6. The summed E-state index contributed by atoms with van der Waals surface area (Å²) in [5, 5.41) is 0. The summed E-state index contributed by atoms with van der Waals surface area (Å²) in [5.74, 6) is 1.94. The molecule has 8 heteroatoms. The standard InChI is InChI=1S/C40H54O8/c1-37-12-23-3-5-29(18-37)40(30(11-23)19-37)47-31(20-45-35(43)38-7-6-25-9-24(14-38)10-28(16-38)33(25)41)32(48-40)21-46-36(44)39-13-22-2-4-26(15-39)34(42)27(8-22)17-39/h22-32H,2-21H2,1H3. The molecule has 13 rings (SSSR count). The summed E-state index contributed by atoms with van der Waals surface area (Å²) >= 11 is 0. The maximum absolute atomic E-state index is 14.1. The normalized spacial score (nSPS) is 54.1. The molecule has 12 bridgehead atoms. The summed E-state index contributed by atoms with van der Waals surface area (Å²) in [4.78, 5) is 54.2. The topological polar surface area (TPSA) is 105 Å². The van der Waals surface area contributed by atoms with Crippen molar-refractivity contribution in [2.24, 2.45) is 69.5 Å². The number of carbonyl (C=O) groups excluding carboxylic acids is 4. The number of hydrogen-bond donors (Lipinski definition) is 0. The van der Waals surface area contributed by atoms with Crippen LogP contribution in [0.2, 0.25) is 0 Å². The van der Waals surface area contributed by atoms with Crippen LogP contribution in [0, 0.1) is 69.5 Å². The predicted molar refractivity (Wildman–Crippen MR) is 172 cm³/mol. The average molecular weight is 663 g/mol. The van der Waals surface area contributed by atoms with Gasteiger partial charge >= 0.3 is 11.9 Å². The molecule has 12 saturated carbocycles. The van der Waals surface area contributed by atoms with Gasteiger partial charge in [-0.25, -0.2) is 0 Å². The first-order chi connectivity index (χ1) is 23.0. The van der Waals surface area contributed by atoms with Crippen molar-refractivity contribution in [2.45, 2.75) is 140 Å². The van der Waals surface area contributed by atoms with Gasteiger partial charge in [0.1, 0.15) is 37.0 Å². The minimum atomic E-state index is -0.725. The molecule has 15 atom stereocenters. The van der Waals surface area contributed by atoms with Crippen LogP contribution in [0.5, 0.6) is 0 Å². The molecule has 0 amide bonds. The molecule has 0 radical (unpaired) electrons. The molecule has 0 aromatic heterocycles. The SMILES string of the molecule is CC12CC3CCC(C1)C1(OC(COC(=O)C45CCC6CC(CC(C4)C6=O)C5)C(COC(=O)C45CC6CCC(C4)C(=O)C(C6)C5)O1)C(C3)C2. The van der Waals surface area contributed by atoms with E-state index in [0.717, 1.165) is 83.5 Å². The summed E-state index contributed by atoms with van der Waals surface area (Å²) in [7, 11) is 0. The molecule has 0 aromatic rings. The summed E-state index contributed by atoms with van der Waals surface area (Å²) in [6, 6.07) is 0. The fourth-order valence-electron chi connectivity index (χ4n) is 14.6. The monoisotopic (exact) mass is 662 g/mol. The molecule has 13 fully saturated rings. The van der Waals surface area contributed by atoms with Crippen LogP contribution in [0.4, 0.5) is 0 Å². The number of ether oxygens (including phenoxy) is 4. The molecular formula is C40H54O8. The van der Waals surface area contributed by atoms with Gasteiger partial charge in [-0.1, -0.05) is 6.92 Å². The lowest BCUT2D eigenvalue weighted by Crippen LogP contribution is -2.55. The van der Waals surface area contributed by atoms with Crippen molar-refractivity contribution in [3.05, 3.63) is 0 Å². The van der Waals surface area contributed by atoms with Crippen LogP contribution in [0.3, 0.4) is 0 Å². The van der Waals surface area contributed by atoms with Crippen molar-refractivity contribution in [2.75, 3.05) is 13.2 Å². The van der Waals surface area contributed by atoms with E-state index >= 15 is 0 Å². The molecule has 15 unspecified atom stereocenters. The molecule has 12 aliphatic carbocycles. The number of fused-ring (bicyclic) bond motifs is 3. The van der Waals surface area contributed by atoms with Gasteiger partial charge in [0.05, 0.1) is 10.8 Å². The van der Waals surface area contributed by atoms with E-state index in [2.05, 4.69) is 6.92 Å². The van der Waals surface area contributed by atoms with E-state index in [9.17, 15) is 19.2 Å². The maximum Gasteiger partial charge on any atom is 0.312 e. The summed E-state index contributed by atoms with van der Waals surface area (Å²) in [5.41, 5.74) is -0.816. The first-order valence-electron chi connectivity index (χ1n) is 19.8. The Bertz CT molecular complexity index is 1370. The van der Waals surface area contributed by atoms with Crippen LogP contribution in [0.15, 0.2) is 0 Å². The lowest BCUT2D eigenvalue weighted by atomic mass is 9.57. The number of esters is 2. The minimum Gasteiger partial charge on any atom is -0.462 e. The Morgan fingerprint density at radius 2 is 1.19 bits per heavy atom. The Morgan fingerprint density at radius 3 is 1.98 bits per heavy atom. The second-order valence-corrected chi connectivity index (χ2v) is 19.5. The lowest BCUT2D eigenvalue weighted by Gasteiger charge is -2.54. The number of carbonyl (C=O) groups is 4. The first-order valence-corrected chi connectivity index (χ1v) is 19.8. The zero-order valence-corrected chi connectivity index (χ0v) is 28.8. The van der Waals surface area contributed by atoms with Gasteiger partial charge in [0.25, 0.3) is 0 Å². The Kier molecular flexibility index (Phi) is 6.85. The van der Waals surface area contributed by atoms with Gasteiger partial charge in [-0.2, -0.15) is 0 Å². The lowest BCUT2D eigenvalue weighted by molar-refractivity contribution is -0.281. The molecule has 8 nitrogen and oxygen atoms in total. The van der Waals surface area contributed by atoms with Gasteiger partial charge in [-0.05, 0) is 139 Å². The van der Waals surface area contributed by atoms with Crippen molar-refractivity contribution >= 4 is 23.5 Å². The van der Waals surface area contributed by atoms with Crippen LogP contribution in [0.25, 0.3) is 0 Å². The Balaban J connectivity index is 0.892. The van der Waals surface area contributed by atoms with Gasteiger partial charge in [0.15, 0.2) is 5.79 Å². The second kappa shape index (κ2) is 10.6. The summed E-state index contributed by atoms with van der Waals surface area (Å²) in [6.45, 7) is 2.62. The quantitative estimate of drug-likeness (QED) is 0.303. The highest BCUT2D eigenvalue weighted by molar-refractivity contribution is 5.89. The van der Waals surface area contributed by atoms with Gasteiger partial charge < -0.3 is 18.9 Å². The van der Waals surface area contributed by atoms with Crippen molar-refractivity contribution in [1.82, 2.24) is 0 Å².